The van der Waals surface area contributed by atoms with Crippen LogP contribution in [0.5, 0.6) is 0 Å². The van der Waals surface area contributed by atoms with Crippen LogP contribution in [-0.2, 0) is 0 Å². The number of carboxylic acids is 1. The second kappa shape index (κ2) is 5.23. The first-order chi connectivity index (χ1) is 8.99. The summed E-state index contributed by atoms with van der Waals surface area (Å²) in [5.41, 5.74) is 0.612. The Balaban J connectivity index is 2.33. The van der Waals surface area contributed by atoms with Gasteiger partial charge in [0.05, 0.1) is 16.9 Å². The molecule has 0 unspecified atom stereocenters. The van der Waals surface area contributed by atoms with E-state index in [1.54, 1.807) is 13.0 Å². The number of aryl methyl sites for hydroxylation is 1. The van der Waals surface area contributed by atoms with Crippen molar-refractivity contribution < 1.29 is 19.1 Å². The predicted molar refractivity (Wildman–Crippen MR) is 70.3 cm³/mol. The minimum Gasteiger partial charge on any atom is -0.478 e. The maximum atomic E-state index is 11.9. The fraction of sp³-hybridized carbons (Fsp3) is 0.0833. The lowest BCUT2D eigenvalue weighted by atomic mass is 10.1. The number of amides is 1. The summed E-state index contributed by atoms with van der Waals surface area (Å²) in [4.78, 5) is 26.8. The zero-order valence-corrected chi connectivity index (χ0v) is 11.4. The van der Waals surface area contributed by atoms with Gasteiger partial charge < -0.3 is 14.8 Å². The highest BCUT2D eigenvalue weighted by atomic mass is 79.9. The molecule has 0 atom stereocenters. The number of halogens is 1. The number of hydrogen-bond donors (Lipinski definition) is 2. The number of aromatic carboxylic acids is 1. The predicted octanol–water partition coefficient (Wildman–Crippen LogP) is 2.70. The number of benzene rings is 1. The molecule has 2 rings (SSSR count). The van der Waals surface area contributed by atoms with Gasteiger partial charge in [0, 0.05) is 4.47 Å². The average molecular weight is 325 g/mol. The first-order valence-electron chi connectivity index (χ1n) is 5.23. The third-order valence-corrected chi connectivity index (χ3v) is 2.91. The van der Waals surface area contributed by atoms with Crippen LogP contribution in [0.15, 0.2) is 33.5 Å². The van der Waals surface area contributed by atoms with Crippen molar-refractivity contribution in [2.24, 2.45) is 0 Å². The van der Waals surface area contributed by atoms with Gasteiger partial charge in [-0.2, -0.15) is 0 Å². The van der Waals surface area contributed by atoms with E-state index in [9.17, 15) is 9.59 Å². The molecular weight excluding hydrogens is 316 g/mol. The molecule has 0 fully saturated rings. The number of carboxylic acid groups (broad SMARTS) is 1. The van der Waals surface area contributed by atoms with Crippen LogP contribution in [-0.4, -0.2) is 22.0 Å². The van der Waals surface area contributed by atoms with Crippen LogP contribution < -0.4 is 5.32 Å². The van der Waals surface area contributed by atoms with Crippen LogP contribution in [0.25, 0.3) is 0 Å². The molecule has 0 bridgehead atoms. The third-order valence-electron chi connectivity index (χ3n) is 2.41. The second-order valence-electron chi connectivity index (χ2n) is 3.72. The molecule has 1 heterocycles. The van der Waals surface area contributed by atoms with E-state index in [0.717, 1.165) is 6.39 Å². The molecule has 6 nitrogen and oxygen atoms in total. The lowest BCUT2D eigenvalue weighted by Crippen LogP contribution is -2.15. The largest absolute Gasteiger partial charge is 0.478 e. The van der Waals surface area contributed by atoms with Gasteiger partial charge in [-0.05, 0) is 25.1 Å². The maximum Gasteiger partial charge on any atom is 0.337 e. The Morgan fingerprint density at radius 3 is 2.74 bits per heavy atom. The number of aromatic nitrogens is 1. The monoisotopic (exact) mass is 324 g/mol. The number of carbonyl (C=O) groups excluding carboxylic acids is 1. The van der Waals surface area contributed by atoms with Crippen LogP contribution in [0.1, 0.15) is 26.6 Å². The zero-order chi connectivity index (χ0) is 14.0. The molecule has 0 saturated heterocycles. The van der Waals surface area contributed by atoms with E-state index in [4.69, 9.17) is 9.52 Å². The van der Waals surface area contributed by atoms with Gasteiger partial charge in [0.1, 0.15) is 0 Å². The zero-order valence-electron chi connectivity index (χ0n) is 9.81. The van der Waals surface area contributed by atoms with Crippen molar-refractivity contribution in [3.05, 3.63) is 46.1 Å². The van der Waals surface area contributed by atoms with E-state index in [0.29, 0.717) is 10.2 Å². The van der Waals surface area contributed by atoms with E-state index in [-0.39, 0.29) is 17.0 Å². The van der Waals surface area contributed by atoms with Gasteiger partial charge in [-0.1, -0.05) is 15.9 Å². The summed E-state index contributed by atoms with van der Waals surface area (Å²) in [5, 5.41) is 11.5. The summed E-state index contributed by atoms with van der Waals surface area (Å²) in [6, 6.07) is 4.49. The van der Waals surface area contributed by atoms with Gasteiger partial charge in [0.15, 0.2) is 6.39 Å². The van der Waals surface area contributed by atoms with Crippen LogP contribution in [0.4, 0.5) is 5.69 Å². The molecule has 1 amide bonds. The van der Waals surface area contributed by atoms with Crippen molar-refractivity contribution in [2.75, 3.05) is 5.32 Å². The van der Waals surface area contributed by atoms with E-state index >= 15 is 0 Å². The quantitative estimate of drug-likeness (QED) is 0.905. The number of carbonyl (C=O) groups is 2. The lowest BCUT2D eigenvalue weighted by Gasteiger charge is -2.07. The first-order valence-corrected chi connectivity index (χ1v) is 6.02. The molecule has 19 heavy (non-hydrogen) atoms. The molecule has 2 aromatic rings. The normalized spacial score (nSPS) is 10.2. The van der Waals surface area contributed by atoms with Crippen molar-refractivity contribution >= 4 is 33.5 Å². The summed E-state index contributed by atoms with van der Waals surface area (Å²) in [6.45, 7) is 1.62. The van der Waals surface area contributed by atoms with Crippen molar-refractivity contribution in [3.63, 3.8) is 0 Å². The number of nitrogens with one attached hydrogen (secondary N) is 1. The molecule has 0 spiro atoms. The summed E-state index contributed by atoms with van der Waals surface area (Å²) in [7, 11) is 0. The number of hydrogen-bond acceptors (Lipinski definition) is 4. The summed E-state index contributed by atoms with van der Waals surface area (Å²) >= 11 is 3.22. The third kappa shape index (κ3) is 2.82. The number of rotatable bonds is 3. The number of anilines is 1. The van der Waals surface area contributed by atoms with Crippen LogP contribution in [0.3, 0.4) is 0 Å². The van der Waals surface area contributed by atoms with Gasteiger partial charge in [0.25, 0.3) is 5.91 Å². The van der Waals surface area contributed by atoms with Gasteiger partial charge in [-0.25, -0.2) is 9.78 Å². The first kappa shape index (κ1) is 13.3. The molecule has 2 N–H and O–H groups in total. The van der Waals surface area contributed by atoms with Gasteiger partial charge >= 0.3 is 5.97 Å². The molecule has 0 aliphatic heterocycles. The number of oxazole rings is 1. The van der Waals surface area contributed by atoms with Crippen molar-refractivity contribution in [3.8, 4) is 0 Å². The highest BCUT2D eigenvalue weighted by Crippen LogP contribution is 2.22. The molecule has 0 aliphatic carbocycles. The highest BCUT2D eigenvalue weighted by Gasteiger charge is 2.17. The number of nitrogens with zero attached hydrogens (tertiary/aromatic N) is 1. The van der Waals surface area contributed by atoms with Gasteiger partial charge in [0.2, 0.25) is 5.76 Å². The Bertz CT molecular complexity index is 651. The Kier molecular flexibility index (Phi) is 3.66. The van der Waals surface area contributed by atoms with Crippen molar-refractivity contribution in [1.29, 1.82) is 0 Å². The fourth-order valence-electron chi connectivity index (χ4n) is 1.51. The molecule has 0 saturated carbocycles. The Morgan fingerprint density at radius 1 is 1.42 bits per heavy atom. The average Bonchev–Trinajstić information content (AvgIpc) is 2.75. The van der Waals surface area contributed by atoms with Crippen molar-refractivity contribution in [1.82, 2.24) is 4.98 Å². The molecule has 0 radical (unpaired) electrons. The molecule has 0 aliphatic rings. The minimum absolute atomic E-state index is 0.00582. The highest BCUT2D eigenvalue weighted by molar-refractivity contribution is 9.10. The molecule has 1 aromatic carbocycles. The van der Waals surface area contributed by atoms with E-state index < -0.39 is 11.9 Å². The molecule has 98 valence electrons. The summed E-state index contributed by atoms with van der Waals surface area (Å²) in [6.07, 6.45) is 1.16. The van der Waals surface area contributed by atoms with E-state index in [1.165, 1.54) is 12.1 Å². The summed E-state index contributed by atoms with van der Waals surface area (Å²) < 4.78 is 5.60. The fourth-order valence-corrected chi connectivity index (χ4v) is 1.87. The van der Waals surface area contributed by atoms with Crippen LogP contribution >= 0.6 is 15.9 Å². The SMILES string of the molecule is Cc1ncoc1C(=O)Nc1cc(Br)ccc1C(=O)O. The van der Waals surface area contributed by atoms with Gasteiger partial charge in [-0.3, -0.25) is 4.79 Å². The molecular formula is C12H9BrN2O4. The Labute approximate surface area is 116 Å². The second-order valence-corrected chi connectivity index (χ2v) is 4.63. The lowest BCUT2D eigenvalue weighted by molar-refractivity contribution is 0.0698. The molecule has 1 aromatic heterocycles. The van der Waals surface area contributed by atoms with Gasteiger partial charge in [-0.15, -0.1) is 0 Å². The smallest absolute Gasteiger partial charge is 0.337 e. The van der Waals surface area contributed by atoms with E-state index in [1.807, 2.05) is 0 Å². The standard InChI is InChI=1S/C12H9BrN2O4/c1-6-10(19-5-14-6)11(16)15-9-4-7(13)2-3-8(9)12(17)18/h2-5H,1H3,(H,15,16)(H,17,18). The van der Waals surface area contributed by atoms with Crippen LogP contribution in [0.2, 0.25) is 0 Å². The maximum absolute atomic E-state index is 11.9. The summed E-state index contributed by atoms with van der Waals surface area (Å²) in [5.74, 6) is -1.62. The minimum atomic E-state index is -1.13. The topological polar surface area (TPSA) is 92.4 Å². The van der Waals surface area contributed by atoms with Crippen LogP contribution in [0, 0.1) is 6.92 Å². The Hall–Kier alpha value is -2.15. The Morgan fingerprint density at radius 2 is 2.16 bits per heavy atom. The molecule has 7 heteroatoms. The van der Waals surface area contributed by atoms with E-state index in [2.05, 4.69) is 26.2 Å². The van der Waals surface area contributed by atoms with Crippen molar-refractivity contribution in [2.45, 2.75) is 6.92 Å².